The minimum atomic E-state index is -0.609. The van der Waals surface area contributed by atoms with E-state index in [-0.39, 0.29) is 18.5 Å². The molecule has 5 heteroatoms. The molecule has 0 aromatic carbocycles. The van der Waals surface area contributed by atoms with Crippen molar-refractivity contribution in [2.45, 2.75) is 19.1 Å². The van der Waals surface area contributed by atoms with Crippen LogP contribution in [0.1, 0.15) is 18.7 Å². The number of nitrogens with one attached hydrogen (secondary N) is 1. The molecule has 0 saturated carbocycles. The summed E-state index contributed by atoms with van der Waals surface area (Å²) in [5.74, 6) is 0.471. The van der Waals surface area contributed by atoms with Gasteiger partial charge in [0.05, 0.1) is 12.3 Å². The van der Waals surface area contributed by atoms with Crippen molar-refractivity contribution in [3.05, 3.63) is 24.2 Å². The predicted molar refractivity (Wildman–Crippen MR) is 55.1 cm³/mol. The monoisotopic (exact) mass is 212 g/mol. The number of hydrogen-bond acceptors (Lipinski definition) is 4. The van der Waals surface area contributed by atoms with E-state index in [2.05, 4.69) is 5.32 Å². The van der Waals surface area contributed by atoms with E-state index >= 15 is 0 Å². The molecule has 0 bridgehead atoms. The molecule has 15 heavy (non-hydrogen) atoms. The van der Waals surface area contributed by atoms with Gasteiger partial charge in [-0.2, -0.15) is 0 Å². The third-order valence-corrected chi connectivity index (χ3v) is 2.12. The second-order valence-electron chi connectivity index (χ2n) is 3.21. The summed E-state index contributed by atoms with van der Waals surface area (Å²) >= 11 is 0. The Morgan fingerprint density at radius 3 is 2.93 bits per heavy atom. The summed E-state index contributed by atoms with van der Waals surface area (Å²) in [6, 6.07) is 3.39. The molecule has 2 atom stereocenters. The highest BCUT2D eigenvalue weighted by Crippen LogP contribution is 2.12. The summed E-state index contributed by atoms with van der Waals surface area (Å²) < 4.78 is 10.1. The Morgan fingerprint density at radius 1 is 1.73 bits per heavy atom. The van der Waals surface area contributed by atoms with Crippen molar-refractivity contribution in [3.63, 3.8) is 0 Å². The molecule has 0 saturated heterocycles. The van der Waals surface area contributed by atoms with E-state index in [0.717, 1.165) is 0 Å². The molecule has 0 aliphatic heterocycles. The minimum absolute atomic E-state index is 0.160. The Balaban J connectivity index is 2.51. The van der Waals surface area contributed by atoms with E-state index in [4.69, 9.17) is 14.9 Å². The zero-order chi connectivity index (χ0) is 11.3. The molecular weight excluding hydrogens is 196 g/mol. The van der Waals surface area contributed by atoms with E-state index in [1.165, 1.54) is 7.11 Å². The van der Waals surface area contributed by atoms with Crippen molar-refractivity contribution >= 4 is 5.91 Å². The number of carbonyl (C=O) groups excluding carboxylic acids is 1. The van der Waals surface area contributed by atoms with Gasteiger partial charge in [0.15, 0.2) is 0 Å². The molecule has 84 valence electrons. The summed E-state index contributed by atoms with van der Waals surface area (Å²) in [7, 11) is 1.45. The summed E-state index contributed by atoms with van der Waals surface area (Å²) in [5, 5.41) is 2.75. The molecule has 1 aromatic heterocycles. The molecule has 0 fully saturated rings. The van der Waals surface area contributed by atoms with Gasteiger partial charge in [0, 0.05) is 13.7 Å². The van der Waals surface area contributed by atoms with Crippen LogP contribution in [0.4, 0.5) is 0 Å². The summed E-state index contributed by atoms with van der Waals surface area (Å²) in [6.45, 7) is 1.99. The van der Waals surface area contributed by atoms with Gasteiger partial charge in [-0.15, -0.1) is 0 Å². The van der Waals surface area contributed by atoms with Gasteiger partial charge < -0.3 is 20.2 Å². The maximum absolute atomic E-state index is 11.6. The van der Waals surface area contributed by atoms with Gasteiger partial charge in [-0.3, -0.25) is 4.79 Å². The lowest BCUT2D eigenvalue weighted by Gasteiger charge is -2.16. The van der Waals surface area contributed by atoms with Gasteiger partial charge in [-0.05, 0) is 19.1 Å². The Hall–Kier alpha value is -1.33. The fraction of sp³-hybridized carbons (Fsp3) is 0.500. The third-order valence-electron chi connectivity index (χ3n) is 2.12. The van der Waals surface area contributed by atoms with Crippen LogP contribution < -0.4 is 11.1 Å². The first kappa shape index (κ1) is 11.7. The molecule has 3 N–H and O–H groups in total. The summed E-state index contributed by atoms with van der Waals surface area (Å²) in [5.41, 5.74) is 5.37. The van der Waals surface area contributed by atoms with Crippen molar-refractivity contribution in [2.24, 2.45) is 5.73 Å². The predicted octanol–water partition coefficient (Wildman–Crippen LogP) is 0.431. The van der Waals surface area contributed by atoms with E-state index in [0.29, 0.717) is 5.76 Å². The van der Waals surface area contributed by atoms with Crippen LogP contribution in [0.15, 0.2) is 22.8 Å². The molecule has 5 nitrogen and oxygen atoms in total. The van der Waals surface area contributed by atoms with E-state index < -0.39 is 6.10 Å². The van der Waals surface area contributed by atoms with Crippen molar-refractivity contribution < 1.29 is 13.9 Å². The lowest BCUT2D eigenvalue weighted by atomic mass is 10.2. The van der Waals surface area contributed by atoms with Crippen molar-refractivity contribution in [2.75, 3.05) is 13.7 Å². The number of methoxy groups -OCH3 is 1. The molecule has 1 heterocycles. The van der Waals surface area contributed by atoms with Gasteiger partial charge in [-0.1, -0.05) is 0 Å². The number of hydrogen-bond donors (Lipinski definition) is 2. The zero-order valence-electron chi connectivity index (χ0n) is 8.90. The van der Waals surface area contributed by atoms with Gasteiger partial charge in [0.2, 0.25) is 0 Å². The highest BCUT2D eigenvalue weighted by Gasteiger charge is 2.19. The van der Waals surface area contributed by atoms with Gasteiger partial charge in [-0.25, -0.2) is 0 Å². The average Bonchev–Trinajstić information content (AvgIpc) is 2.72. The zero-order valence-corrected chi connectivity index (χ0v) is 8.90. The lowest BCUT2D eigenvalue weighted by Crippen LogP contribution is -2.41. The smallest absolute Gasteiger partial charge is 0.251 e. The van der Waals surface area contributed by atoms with Crippen molar-refractivity contribution in [3.8, 4) is 0 Å². The molecule has 0 aliphatic carbocycles. The third kappa shape index (κ3) is 3.07. The Kier molecular flexibility index (Phi) is 4.33. The average molecular weight is 212 g/mol. The molecule has 1 rings (SSSR count). The van der Waals surface area contributed by atoms with Crippen LogP contribution in [0.25, 0.3) is 0 Å². The molecule has 1 unspecified atom stereocenters. The number of rotatable bonds is 5. The maximum Gasteiger partial charge on any atom is 0.251 e. The van der Waals surface area contributed by atoms with E-state index in [1.807, 2.05) is 6.92 Å². The number of nitrogens with two attached hydrogens (primary N) is 1. The molecule has 0 aliphatic rings. The van der Waals surface area contributed by atoms with Crippen LogP contribution in [0, 0.1) is 0 Å². The minimum Gasteiger partial charge on any atom is -0.467 e. The van der Waals surface area contributed by atoms with Crippen LogP contribution in [-0.4, -0.2) is 25.7 Å². The Morgan fingerprint density at radius 2 is 2.47 bits per heavy atom. The second-order valence-corrected chi connectivity index (χ2v) is 3.21. The first-order valence-electron chi connectivity index (χ1n) is 4.75. The molecular formula is C10H16N2O3. The number of amides is 1. The number of carbonyl (C=O) groups is 1. The molecule has 0 radical (unpaired) electrons. The Labute approximate surface area is 88.6 Å². The van der Waals surface area contributed by atoms with Crippen LogP contribution in [0.2, 0.25) is 0 Å². The van der Waals surface area contributed by atoms with Crippen LogP contribution in [-0.2, 0) is 9.53 Å². The quantitative estimate of drug-likeness (QED) is 0.742. The normalized spacial score (nSPS) is 14.6. The van der Waals surface area contributed by atoms with Crippen LogP contribution >= 0.6 is 0 Å². The number of furan rings is 1. The maximum atomic E-state index is 11.6. The highest BCUT2D eigenvalue weighted by atomic mass is 16.5. The summed E-state index contributed by atoms with van der Waals surface area (Å²) in [6.07, 6.45) is 0.955. The first-order chi connectivity index (χ1) is 7.19. The van der Waals surface area contributed by atoms with Crippen LogP contribution in [0.5, 0.6) is 0 Å². The van der Waals surface area contributed by atoms with Gasteiger partial charge >= 0.3 is 0 Å². The number of ether oxygens (including phenoxy) is 1. The largest absolute Gasteiger partial charge is 0.467 e. The molecule has 1 amide bonds. The van der Waals surface area contributed by atoms with Crippen molar-refractivity contribution in [1.82, 2.24) is 5.32 Å². The SMILES string of the molecule is COC(CN)C(=O)N[C@H](C)c1ccco1. The Bertz CT molecular complexity index is 294. The van der Waals surface area contributed by atoms with Crippen LogP contribution in [0.3, 0.4) is 0 Å². The highest BCUT2D eigenvalue weighted by molar-refractivity contribution is 5.81. The van der Waals surface area contributed by atoms with Gasteiger partial charge in [0.1, 0.15) is 11.9 Å². The summed E-state index contributed by atoms with van der Waals surface area (Å²) in [4.78, 5) is 11.6. The topological polar surface area (TPSA) is 77.5 Å². The second kappa shape index (κ2) is 5.53. The molecule has 0 spiro atoms. The lowest BCUT2D eigenvalue weighted by molar-refractivity contribution is -0.131. The fourth-order valence-electron chi connectivity index (χ4n) is 1.23. The first-order valence-corrected chi connectivity index (χ1v) is 4.75. The standard InChI is InChI=1S/C10H16N2O3/c1-7(8-4-3-5-15-8)12-10(13)9(6-11)14-2/h3-5,7,9H,6,11H2,1-2H3,(H,12,13)/t7-,9?/m1/s1. The fourth-order valence-corrected chi connectivity index (χ4v) is 1.23. The van der Waals surface area contributed by atoms with E-state index in [9.17, 15) is 4.79 Å². The van der Waals surface area contributed by atoms with E-state index in [1.54, 1.807) is 18.4 Å². The molecule has 1 aromatic rings. The van der Waals surface area contributed by atoms with Gasteiger partial charge in [0.25, 0.3) is 5.91 Å². The van der Waals surface area contributed by atoms with Crippen molar-refractivity contribution in [1.29, 1.82) is 0 Å².